The van der Waals surface area contributed by atoms with Crippen molar-refractivity contribution >= 4 is 5.91 Å². The first-order valence-corrected chi connectivity index (χ1v) is 6.87. The van der Waals surface area contributed by atoms with Crippen LogP contribution in [0.1, 0.15) is 41.3 Å². The van der Waals surface area contributed by atoms with Crippen LogP contribution in [0.15, 0.2) is 42.5 Å². The molecule has 3 N–H and O–H groups in total. The largest absolute Gasteiger partial charge is 0.504 e. The molecular weight excluding hydrogens is 266 g/mol. The minimum absolute atomic E-state index is 0.0637. The lowest BCUT2D eigenvalue weighted by Gasteiger charge is -2.09. The van der Waals surface area contributed by atoms with E-state index in [4.69, 9.17) is 0 Å². The highest BCUT2D eigenvalue weighted by molar-refractivity contribution is 5.97. The average Bonchev–Trinajstić information content (AvgIpc) is 2.48. The SMILES string of the molecule is CC(C)c1ccc(CNC(=O)c2cccc(O)c2O)cc1. The molecule has 0 unspecified atom stereocenters. The molecule has 0 bridgehead atoms. The van der Waals surface area contributed by atoms with Crippen molar-refractivity contribution in [2.45, 2.75) is 26.3 Å². The van der Waals surface area contributed by atoms with Crippen molar-refractivity contribution in [2.24, 2.45) is 0 Å². The molecule has 0 fully saturated rings. The van der Waals surface area contributed by atoms with Crippen molar-refractivity contribution in [2.75, 3.05) is 0 Å². The van der Waals surface area contributed by atoms with Crippen molar-refractivity contribution in [3.8, 4) is 11.5 Å². The number of phenolic OH excluding ortho intramolecular Hbond substituents is 2. The van der Waals surface area contributed by atoms with Gasteiger partial charge in [-0.3, -0.25) is 4.79 Å². The smallest absolute Gasteiger partial charge is 0.255 e. The van der Waals surface area contributed by atoms with Gasteiger partial charge in [0.2, 0.25) is 0 Å². The van der Waals surface area contributed by atoms with Crippen LogP contribution in [0.3, 0.4) is 0 Å². The molecule has 0 saturated heterocycles. The number of phenols is 2. The van der Waals surface area contributed by atoms with Crippen molar-refractivity contribution in [1.29, 1.82) is 0 Å². The number of hydrogen-bond acceptors (Lipinski definition) is 3. The van der Waals surface area contributed by atoms with Crippen LogP contribution >= 0.6 is 0 Å². The standard InChI is InChI=1S/C17H19NO3/c1-11(2)13-8-6-12(7-9-13)10-18-17(21)14-4-3-5-15(19)16(14)20/h3-9,11,19-20H,10H2,1-2H3,(H,18,21). The fourth-order valence-corrected chi connectivity index (χ4v) is 2.01. The third kappa shape index (κ3) is 3.54. The van der Waals surface area contributed by atoms with Crippen LogP contribution in [0.4, 0.5) is 0 Å². The summed E-state index contributed by atoms with van der Waals surface area (Å²) in [4.78, 5) is 12.0. The first kappa shape index (κ1) is 14.9. The Morgan fingerprint density at radius 2 is 1.76 bits per heavy atom. The molecular formula is C17H19NO3. The molecule has 4 heteroatoms. The predicted octanol–water partition coefficient (Wildman–Crippen LogP) is 3.15. The topological polar surface area (TPSA) is 69.6 Å². The Morgan fingerprint density at radius 3 is 2.38 bits per heavy atom. The minimum Gasteiger partial charge on any atom is -0.504 e. The lowest BCUT2D eigenvalue weighted by atomic mass is 10.0. The third-order valence-electron chi connectivity index (χ3n) is 3.36. The highest BCUT2D eigenvalue weighted by Crippen LogP contribution is 2.28. The number of carbonyl (C=O) groups is 1. The average molecular weight is 285 g/mol. The maximum Gasteiger partial charge on any atom is 0.255 e. The molecule has 0 aliphatic carbocycles. The molecule has 4 nitrogen and oxygen atoms in total. The highest BCUT2D eigenvalue weighted by atomic mass is 16.3. The van der Waals surface area contributed by atoms with E-state index >= 15 is 0 Å². The van der Waals surface area contributed by atoms with Crippen LogP contribution in [0, 0.1) is 0 Å². The fraction of sp³-hybridized carbons (Fsp3) is 0.235. The number of hydrogen-bond donors (Lipinski definition) is 3. The molecule has 2 aromatic rings. The Morgan fingerprint density at radius 1 is 1.10 bits per heavy atom. The van der Waals surface area contributed by atoms with Gasteiger partial charge in [-0.15, -0.1) is 0 Å². The van der Waals surface area contributed by atoms with E-state index in [2.05, 4.69) is 19.2 Å². The van der Waals surface area contributed by atoms with Gasteiger partial charge in [0, 0.05) is 6.54 Å². The van der Waals surface area contributed by atoms with Gasteiger partial charge in [0.1, 0.15) is 0 Å². The number of nitrogens with one attached hydrogen (secondary N) is 1. The van der Waals surface area contributed by atoms with Gasteiger partial charge in [-0.25, -0.2) is 0 Å². The Labute approximate surface area is 124 Å². The molecule has 0 aromatic heterocycles. The van der Waals surface area contributed by atoms with Crippen LogP contribution < -0.4 is 5.32 Å². The van der Waals surface area contributed by atoms with E-state index in [0.717, 1.165) is 5.56 Å². The van der Waals surface area contributed by atoms with Crippen LogP contribution in [-0.4, -0.2) is 16.1 Å². The van der Waals surface area contributed by atoms with Crippen LogP contribution in [0.2, 0.25) is 0 Å². The van der Waals surface area contributed by atoms with Gasteiger partial charge >= 0.3 is 0 Å². The first-order valence-electron chi connectivity index (χ1n) is 6.87. The van der Waals surface area contributed by atoms with E-state index in [9.17, 15) is 15.0 Å². The summed E-state index contributed by atoms with van der Waals surface area (Å²) in [7, 11) is 0. The molecule has 1 amide bonds. The Kier molecular flexibility index (Phi) is 4.48. The molecule has 110 valence electrons. The second-order valence-corrected chi connectivity index (χ2v) is 5.25. The molecule has 0 radical (unpaired) electrons. The van der Waals surface area contributed by atoms with Gasteiger partial charge in [-0.1, -0.05) is 44.2 Å². The lowest BCUT2D eigenvalue weighted by molar-refractivity contribution is 0.0947. The van der Waals surface area contributed by atoms with Crippen molar-refractivity contribution in [3.63, 3.8) is 0 Å². The van der Waals surface area contributed by atoms with E-state index in [0.29, 0.717) is 12.5 Å². The summed E-state index contributed by atoms with van der Waals surface area (Å²) in [5, 5.41) is 21.8. The van der Waals surface area contributed by atoms with Crippen molar-refractivity contribution < 1.29 is 15.0 Å². The summed E-state index contributed by atoms with van der Waals surface area (Å²) in [6.07, 6.45) is 0. The van der Waals surface area contributed by atoms with Crippen molar-refractivity contribution in [1.82, 2.24) is 5.32 Å². The molecule has 0 saturated carbocycles. The maximum absolute atomic E-state index is 12.0. The lowest BCUT2D eigenvalue weighted by Crippen LogP contribution is -2.22. The summed E-state index contributed by atoms with van der Waals surface area (Å²) >= 11 is 0. The normalized spacial score (nSPS) is 10.6. The second kappa shape index (κ2) is 6.31. The number of rotatable bonds is 4. The second-order valence-electron chi connectivity index (χ2n) is 5.25. The van der Waals surface area contributed by atoms with Gasteiger partial charge in [0.05, 0.1) is 5.56 Å². The molecule has 2 aromatic carbocycles. The number of aromatic hydroxyl groups is 2. The zero-order valence-corrected chi connectivity index (χ0v) is 12.1. The van der Waals surface area contributed by atoms with Gasteiger partial charge in [0.15, 0.2) is 11.5 Å². The van der Waals surface area contributed by atoms with E-state index in [-0.39, 0.29) is 11.3 Å². The molecule has 0 atom stereocenters. The summed E-state index contributed by atoms with van der Waals surface area (Å²) in [5.74, 6) is -0.650. The third-order valence-corrected chi connectivity index (χ3v) is 3.36. The summed E-state index contributed by atoms with van der Waals surface area (Å²) < 4.78 is 0. The molecule has 2 rings (SSSR count). The van der Waals surface area contributed by atoms with Crippen LogP contribution in [-0.2, 0) is 6.54 Å². The summed E-state index contributed by atoms with van der Waals surface area (Å²) in [5.41, 5.74) is 2.29. The fourth-order valence-electron chi connectivity index (χ4n) is 2.01. The Balaban J connectivity index is 2.02. The quantitative estimate of drug-likeness (QED) is 0.756. The number of carbonyl (C=O) groups excluding carboxylic acids is 1. The van der Waals surface area contributed by atoms with E-state index in [1.807, 2.05) is 24.3 Å². The van der Waals surface area contributed by atoms with Crippen LogP contribution in [0.5, 0.6) is 11.5 Å². The molecule has 0 heterocycles. The number of benzene rings is 2. The minimum atomic E-state index is -0.420. The first-order chi connectivity index (χ1) is 9.99. The summed E-state index contributed by atoms with van der Waals surface area (Å²) in [6.45, 7) is 4.62. The Hall–Kier alpha value is -2.49. The number of para-hydroxylation sites is 1. The molecule has 0 spiro atoms. The monoisotopic (exact) mass is 285 g/mol. The van der Waals surface area contributed by atoms with Gasteiger partial charge in [0.25, 0.3) is 5.91 Å². The van der Waals surface area contributed by atoms with Gasteiger partial charge in [-0.05, 0) is 29.2 Å². The summed E-state index contributed by atoms with van der Waals surface area (Å²) in [6, 6.07) is 12.3. The van der Waals surface area contributed by atoms with E-state index in [1.165, 1.54) is 23.8 Å². The van der Waals surface area contributed by atoms with Gasteiger partial charge < -0.3 is 15.5 Å². The van der Waals surface area contributed by atoms with Crippen LogP contribution in [0.25, 0.3) is 0 Å². The Bertz CT molecular complexity index is 633. The highest BCUT2D eigenvalue weighted by Gasteiger charge is 2.13. The maximum atomic E-state index is 12.0. The molecule has 21 heavy (non-hydrogen) atoms. The van der Waals surface area contributed by atoms with E-state index < -0.39 is 11.7 Å². The molecule has 0 aliphatic rings. The van der Waals surface area contributed by atoms with Gasteiger partial charge in [-0.2, -0.15) is 0 Å². The van der Waals surface area contributed by atoms with Crippen molar-refractivity contribution in [3.05, 3.63) is 59.2 Å². The zero-order valence-electron chi connectivity index (χ0n) is 12.1. The zero-order chi connectivity index (χ0) is 15.4. The number of amides is 1. The predicted molar refractivity (Wildman–Crippen MR) is 81.5 cm³/mol. The van der Waals surface area contributed by atoms with E-state index in [1.54, 1.807) is 0 Å². The molecule has 0 aliphatic heterocycles.